The average Bonchev–Trinajstić information content (AvgIpc) is 2.61. The van der Waals surface area contributed by atoms with E-state index in [2.05, 4.69) is 34.2 Å². The van der Waals surface area contributed by atoms with Crippen molar-refractivity contribution in [3.05, 3.63) is 29.8 Å². The maximum absolute atomic E-state index is 4.65. The second-order valence-electron chi connectivity index (χ2n) is 3.68. The van der Waals surface area contributed by atoms with Crippen LogP contribution < -0.4 is 0 Å². The molecule has 2 nitrogen and oxygen atoms in total. The summed E-state index contributed by atoms with van der Waals surface area (Å²) in [4.78, 5) is 7.04. The van der Waals surface area contributed by atoms with Crippen molar-refractivity contribution in [2.45, 2.75) is 19.4 Å². The highest BCUT2D eigenvalue weighted by molar-refractivity contribution is 5.88. The quantitative estimate of drug-likeness (QED) is 0.685. The number of nitrogens with zero attached hydrogens (tertiary/aromatic N) is 2. The second kappa shape index (κ2) is 4.86. The molecule has 0 amide bonds. The van der Waals surface area contributed by atoms with E-state index < -0.39 is 0 Å². The molecule has 0 unspecified atom stereocenters. The Hall–Kier alpha value is -0.730. The van der Waals surface area contributed by atoms with Gasteiger partial charge in [-0.05, 0) is 18.1 Å². The predicted octanol–water partition coefficient (Wildman–Crippen LogP) is 3.17. The van der Waals surface area contributed by atoms with Gasteiger partial charge in [-0.3, -0.25) is 0 Å². The molecule has 15 heavy (non-hydrogen) atoms. The van der Waals surface area contributed by atoms with Gasteiger partial charge in [0.1, 0.15) is 5.84 Å². The van der Waals surface area contributed by atoms with Crippen molar-refractivity contribution in [1.29, 1.82) is 0 Å². The average molecular weight is 245 g/mol. The minimum atomic E-state index is 0. The number of hydrogen-bond donors (Lipinski definition) is 0. The summed E-state index contributed by atoms with van der Waals surface area (Å²) in [7, 11) is 0. The van der Waals surface area contributed by atoms with Crippen LogP contribution in [0.15, 0.2) is 29.3 Å². The minimum Gasteiger partial charge on any atom is -0.356 e. The number of benzene rings is 1. The van der Waals surface area contributed by atoms with E-state index in [1.807, 2.05) is 0 Å². The van der Waals surface area contributed by atoms with E-state index in [1.54, 1.807) is 0 Å². The van der Waals surface area contributed by atoms with Gasteiger partial charge in [-0.15, -0.1) is 24.8 Å². The fourth-order valence-corrected chi connectivity index (χ4v) is 2.11. The molecule has 0 saturated carbocycles. The lowest BCUT2D eigenvalue weighted by atomic mass is 10.1. The van der Waals surface area contributed by atoms with Gasteiger partial charge in [0.25, 0.3) is 0 Å². The topological polar surface area (TPSA) is 15.6 Å². The first-order valence-corrected chi connectivity index (χ1v) is 4.84. The summed E-state index contributed by atoms with van der Waals surface area (Å²) < 4.78 is 0. The van der Waals surface area contributed by atoms with Crippen molar-refractivity contribution in [1.82, 2.24) is 4.90 Å². The molecule has 0 radical (unpaired) electrons. The van der Waals surface area contributed by atoms with Crippen molar-refractivity contribution in [2.75, 3.05) is 6.54 Å². The fourth-order valence-electron chi connectivity index (χ4n) is 2.11. The smallest absolute Gasteiger partial charge is 0.105 e. The van der Waals surface area contributed by atoms with Crippen LogP contribution in [0.2, 0.25) is 0 Å². The van der Waals surface area contributed by atoms with Gasteiger partial charge in [-0.25, -0.2) is 4.99 Å². The maximum atomic E-state index is 4.65. The van der Waals surface area contributed by atoms with Crippen LogP contribution in [-0.4, -0.2) is 17.3 Å². The van der Waals surface area contributed by atoms with Crippen molar-refractivity contribution in [2.24, 2.45) is 4.99 Å². The molecule has 0 spiro atoms. The van der Waals surface area contributed by atoms with Gasteiger partial charge >= 0.3 is 0 Å². The first kappa shape index (κ1) is 12.3. The van der Waals surface area contributed by atoms with E-state index in [1.165, 1.54) is 30.1 Å². The van der Waals surface area contributed by atoms with Crippen molar-refractivity contribution >= 4 is 36.3 Å². The molecule has 0 N–H and O–H groups in total. The highest BCUT2D eigenvalue weighted by Crippen LogP contribution is 2.29. The summed E-state index contributed by atoms with van der Waals surface area (Å²) in [5.41, 5.74) is 2.55. The van der Waals surface area contributed by atoms with Gasteiger partial charge in [-0.2, -0.15) is 0 Å². The van der Waals surface area contributed by atoms with Gasteiger partial charge in [0.05, 0.1) is 5.69 Å². The van der Waals surface area contributed by atoms with Crippen LogP contribution in [0.1, 0.15) is 18.4 Å². The van der Waals surface area contributed by atoms with Crippen LogP contribution in [0.5, 0.6) is 0 Å². The van der Waals surface area contributed by atoms with Crippen molar-refractivity contribution < 1.29 is 0 Å². The second-order valence-corrected chi connectivity index (χ2v) is 3.68. The summed E-state index contributed by atoms with van der Waals surface area (Å²) in [6, 6.07) is 8.44. The number of hydrogen-bond acceptors (Lipinski definition) is 2. The van der Waals surface area contributed by atoms with Crippen molar-refractivity contribution in [3.63, 3.8) is 0 Å². The molecule has 1 fully saturated rings. The lowest BCUT2D eigenvalue weighted by Gasteiger charge is -2.24. The monoisotopic (exact) mass is 244 g/mol. The summed E-state index contributed by atoms with van der Waals surface area (Å²) in [5.74, 6) is 1.29. The van der Waals surface area contributed by atoms with Crippen LogP contribution in [0.4, 0.5) is 5.69 Å². The first-order valence-electron chi connectivity index (χ1n) is 4.84. The Morgan fingerprint density at radius 3 is 2.80 bits per heavy atom. The Balaban J connectivity index is 0.000000562. The molecule has 0 atom stereocenters. The number of para-hydroxylation sites is 1. The fraction of sp³-hybridized carbons (Fsp3) is 0.364. The van der Waals surface area contributed by atoms with Crippen LogP contribution in [-0.2, 0) is 6.54 Å². The molecule has 0 aliphatic carbocycles. The van der Waals surface area contributed by atoms with E-state index >= 15 is 0 Å². The number of rotatable bonds is 0. The van der Waals surface area contributed by atoms with Crippen LogP contribution in [0, 0.1) is 0 Å². The van der Waals surface area contributed by atoms with Gasteiger partial charge < -0.3 is 4.90 Å². The summed E-state index contributed by atoms with van der Waals surface area (Å²) in [5, 5.41) is 0. The van der Waals surface area contributed by atoms with Gasteiger partial charge in [0.15, 0.2) is 0 Å². The van der Waals surface area contributed by atoms with E-state index in [0.717, 1.165) is 13.0 Å². The lowest BCUT2D eigenvalue weighted by molar-refractivity contribution is 0.443. The summed E-state index contributed by atoms with van der Waals surface area (Å²) in [6.07, 6.45) is 2.43. The molecule has 2 aliphatic heterocycles. The maximum Gasteiger partial charge on any atom is 0.105 e. The third-order valence-corrected chi connectivity index (χ3v) is 2.80. The minimum absolute atomic E-state index is 0. The van der Waals surface area contributed by atoms with E-state index in [0.29, 0.717) is 0 Å². The van der Waals surface area contributed by atoms with Crippen LogP contribution in [0.25, 0.3) is 0 Å². The molecule has 2 heterocycles. The van der Waals surface area contributed by atoms with E-state index in [-0.39, 0.29) is 24.8 Å². The molecule has 82 valence electrons. The van der Waals surface area contributed by atoms with Gasteiger partial charge in [0.2, 0.25) is 0 Å². The SMILES string of the molecule is Cl.Cl.c1ccc2c(c1)CN1CCCC1=N2. The number of amidine groups is 1. The molecule has 0 bridgehead atoms. The molecule has 2 aliphatic rings. The number of fused-ring (bicyclic) bond motifs is 2. The zero-order valence-corrected chi connectivity index (χ0v) is 9.98. The van der Waals surface area contributed by atoms with Crippen LogP contribution in [0.3, 0.4) is 0 Å². The third-order valence-electron chi connectivity index (χ3n) is 2.80. The number of halogens is 2. The molecular formula is C11H14Cl2N2. The highest BCUT2D eigenvalue weighted by Gasteiger charge is 2.23. The molecule has 3 rings (SSSR count). The summed E-state index contributed by atoms with van der Waals surface area (Å²) >= 11 is 0. The molecule has 0 aromatic heterocycles. The molecular weight excluding hydrogens is 231 g/mol. The Morgan fingerprint density at radius 1 is 1.13 bits per heavy atom. The lowest BCUT2D eigenvalue weighted by Crippen LogP contribution is -2.26. The Morgan fingerprint density at radius 2 is 1.93 bits per heavy atom. The zero-order valence-electron chi connectivity index (χ0n) is 8.35. The first-order chi connectivity index (χ1) is 6.43. The Labute approximate surface area is 102 Å². The third kappa shape index (κ3) is 2.11. The molecule has 1 aromatic carbocycles. The van der Waals surface area contributed by atoms with E-state index in [9.17, 15) is 0 Å². The standard InChI is InChI=1S/C11H12N2.2ClH/c1-2-5-10-9(4-1)8-13-7-3-6-11(13)12-10;;/h1-2,4-5H,3,6-8H2;2*1H. The molecule has 4 heteroatoms. The molecule has 1 saturated heterocycles. The Kier molecular flexibility index (Phi) is 4.00. The number of aliphatic imine (C=N–C) groups is 1. The summed E-state index contributed by atoms with van der Waals surface area (Å²) in [6.45, 7) is 2.25. The van der Waals surface area contributed by atoms with Gasteiger partial charge in [0, 0.05) is 19.5 Å². The Bertz CT molecular complexity index is 377. The zero-order chi connectivity index (χ0) is 8.67. The highest BCUT2D eigenvalue weighted by atomic mass is 35.5. The van der Waals surface area contributed by atoms with Gasteiger partial charge in [-0.1, -0.05) is 18.2 Å². The normalized spacial score (nSPS) is 16.8. The largest absolute Gasteiger partial charge is 0.356 e. The van der Waals surface area contributed by atoms with Crippen LogP contribution >= 0.6 is 24.8 Å². The van der Waals surface area contributed by atoms with E-state index in [4.69, 9.17) is 0 Å². The predicted molar refractivity (Wildman–Crippen MR) is 67.7 cm³/mol. The molecule has 1 aromatic rings. The van der Waals surface area contributed by atoms with Crippen molar-refractivity contribution in [3.8, 4) is 0 Å².